The zero-order chi connectivity index (χ0) is 19.2. The Morgan fingerprint density at radius 3 is 0.640 bits per heavy atom. The molecule has 0 aromatic rings. The van der Waals surface area contributed by atoms with Gasteiger partial charge in [-0.25, -0.2) is 0 Å². The summed E-state index contributed by atoms with van der Waals surface area (Å²) in [6, 6.07) is 0. The summed E-state index contributed by atoms with van der Waals surface area (Å²) < 4.78 is 28.1. The minimum absolute atomic E-state index is 0. The van der Waals surface area contributed by atoms with Crippen molar-refractivity contribution in [3.8, 4) is 0 Å². The zero-order valence-electron chi connectivity index (χ0n) is 16.1. The standard InChI is InChI=1S/3C4H11O3P.H3P/c3*1-3-6-8(5)7-4-2;/h3*5H,3-4H2,1-2H3;1H3. The fourth-order valence-corrected chi connectivity index (χ4v) is 2.32. The van der Waals surface area contributed by atoms with Crippen molar-refractivity contribution in [3.63, 3.8) is 0 Å². The molecule has 9 nitrogen and oxygen atoms in total. The Labute approximate surface area is 159 Å². The molecule has 13 heteroatoms. The molecule has 25 heavy (non-hydrogen) atoms. The van der Waals surface area contributed by atoms with Crippen LogP contribution >= 0.6 is 35.7 Å². The van der Waals surface area contributed by atoms with Crippen LogP contribution in [0.1, 0.15) is 41.5 Å². The van der Waals surface area contributed by atoms with Gasteiger partial charge in [0.25, 0.3) is 0 Å². The molecule has 0 rings (SSSR count). The zero-order valence-corrected chi connectivity index (χ0v) is 20.2. The molecule has 0 aromatic heterocycles. The van der Waals surface area contributed by atoms with Gasteiger partial charge in [-0.2, -0.15) is 9.90 Å². The molecule has 3 N–H and O–H groups in total. The lowest BCUT2D eigenvalue weighted by atomic mass is 10.9. The average molecular weight is 448 g/mol. The van der Waals surface area contributed by atoms with Gasteiger partial charge in [-0.1, -0.05) is 0 Å². The lowest BCUT2D eigenvalue weighted by Gasteiger charge is -2.05. The molecule has 0 aliphatic carbocycles. The summed E-state index contributed by atoms with van der Waals surface area (Å²) in [5, 5.41) is 0. The van der Waals surface area contributed by atoms with E-state index < -0.39 is 25.8 Å². The average Bonchev–Trinajstić information content (AvgIpc) is 2.50. The molecule has 0 bridgehead atoms. The first-order chi connectivity index (χ1) is 11.4. The van der Waals surface area contributed by atoms with Gasteiger partial charge in [-0.3, -0.25) is 0 Å². The third-order valence-electron chi connectivity index (χ3n) is 1.44. The summed E-state index contributed by atoms with van der Waals surface area (Å²) >= 11 is 0. The Kier molecular flexibility index (Phi) is 40.8. The van der Waals surface area contributed by atoms with E-state index in [1.54, 1.807) is 0 Å². The van der Waals surface area contributed by atoms with E-state index in [2.05, 4.69) is 27.1 Å². The predicted molar refractivity (Wildman–Crippen MR) is 108 cm³/mol. The highest BCUT2D eigenvalue weighted by molar-refractivity contribution is 7.41. The monoisotopic (exact) mass is 448 g/mol. The maximum atomic E-state index is 8.67. The van der Waals surface area contributed by atoms with Crippen LogP contribution in [0, 0.1) is 0 Å². The second-order valence-electron chi connectivity index (χ2n) is 3.22. The molecule has 0 aliphatic heterocycles. The molecular formula is C12H36O9P4. The highest BCUT2D eigenvalue weighted by Gasteiger charge is 2.01. The molecule has 0 aromatic carbocycles. The Balaban J connectivity index is -0.000000130. The summed E-state index contributed by atoms with van der Waals surface area (Å²) in [6.45, 7) is 13.9. The third-order valence-corrected chi connectivity index (χ3v) is 4.31. The lowest BCUT2D eigenvalue weighted by molar-refractivity contribution is 0.215. The molecule has 0 radical (unpaired) electrons. The van der Waals surface area contributed by atoms with E-state index in [4.69, 9.17) is 14.7 Å². The molecule has 0 aliphatic rings. The van der Waals surface area contributed by atoms with Crippen molar-refractivity contribution in [3.05, 3.63) is 0 Å². The van der Waals surface area contributed by atoms with Gasteiger partial charge in [-0.15, -0.1) is 0 Å². The van der Waals surface area contributed by atoms with E-state index in [-0.39, 0.29) is 9.90 Å². The molecule has 0 spiro atoms. The SMILES string of the molecule is CCOP(O)OCC.CCOP(O)OCC.CCOP(O)OCC.P. The van der Waals surface area contributed by atoms with Gasteiger partial charge >= 0.3 is 25.8 Å². The third kappa shape index (κ3) is 36.9. The molecule has 0 amide bonds. The largest absolute Gasteiger partial charge is 0.329 e. The van der Waals surface area contributed by atoms with E-state index in [9.17, 15) is 0 Å². The van der Waals surface area contributed by atoms with Gasteiger partial charge < -0.3 is 41.8 Å². The first-order valence-corrected chi connectivity index (χ1v) is 11.1. The summed E-state index contributed by atoms with van der Waals surface area (Å²) in [5.74, 6) is 0. The second kappa shape index (κ2) is 30.1. The molecule has 1 unspecified atom stereocenters. The normalized spacial score (nSPS) is 10.1. The van der Waals surface area contributed by atoms with Crippen molar-refractivity contribution in [2.45, 2.75) is 41.5 Å². The summed E-state index contributed by atoms with van der Waals surface area (Å²) in [4.78, 5) is 26.0. The van der Waals surface area contributed by atoms with Gasteiger partial charge in [0.2, 0.25) is 0 Å². The van der Waals surface area contributed by atoms with Gasteiger partial charge in [0.15, 0.2) is 0 Å². The van der Waals surface area contributed by atoms with Crippen molar-refractivity contribution in [2.75, 3.05) is 39.6 Å². The molecule has 0 heterocycles. The predicted octanol–water partition coefficient (Wildman–Crippen LogP) is 3.89. The van der Waals surface area contributed by atoms with E-state index in [0.717, 1.165) is 0 Å². The quantitative estimate of drug-likeness (QED) is 0.382. The Morgan fingerprint density at radius 2 is 0.560 bits per heavy atom. The minimum Gasteiger partial charge on any atom is -0.328 e. The topological polar surface area (TPSA) is 116 Å². The fraction of sp³-hybridized carbons (Fsp3) is 1.00. The summed E-state index contributed by atoms with van der Waals surface area (Å²) in [7, 11) is -4.74. The van der Waals surface area contributed by atoms with Gasteiger partial charge in [0.05, 0.1) is 39.6 Å². The summed E-state index contributed by atoms with van der Waals surface area (Å²) in [5.41, 5.74) is 0. The lowest BCUT2D eigenvalue weighted by Crippen LogP contribution is -1.87. The molecule has 0 saturated heterocycles. The minimum atomic E-state index is -1.58. The first-order valence-electron chi connectivity index (χ1n) is 7.67. The maximum Gasteiger partial charge on any atom is 0.329 e. The van der Waals surface area contributed by atoms with Crippen LogP contribution in [0.5, 0.6) is 0 Å². The van der Waals surface area contributed by atoms with Crippen molar-refractivity contribution in [1.82, 2.24) is 0 Å². The number of hydrogen-bond acceptors (Lipinski definition) is 9. The maximum absolute atomic E-state index is 8.67. The van der Waals surface area contributed by atoms with Crippen LogP contribution in [0.3, 0.4) is 0 Å². The number of hydrogen-bond donors (Lipinski definition) is 3. The number of rotatable bonds is 12. The molecule has 0 saturated carbocycles. The van der Waals surface area contributed by atoms with Crippen LogP contribution < -0.4 is 0 Å². The smallest absolute Gasteiger partial charge is 0.328 e. The van der Waals surface area contributed by atoms with Crippen molar-refractivity contribution < 1.29 is 41.8 Å². The second-order valence-corrected chi connectivity index (χ2v) is 6.20. The van der Waals surface area contributed by atoms with Crippen LogP contribution in [0.4, 0.5) is 0 Å². The molecule has 158 valence electrons. The van der Waals surface area contributed by atoms with E-state index in [0.29, 0.717) is 39.6 Å². The van der Waals surface area contributed by atoms with Crippen LogP contribution in [-0.4, -0.2) is 54.3 Å². The van der Waals surface area contributed by atoms with Crippen molar-refractivity contribution >= 4 is 35.7 Å². The van der Waals surface area contributed by atoms with E-state index in [1.807, 2.05) is 41.5 Å². The van der Waals surface area contributed by atoms with Gasteiger partial charge in [0.1, 0.15) is 0 Å². The Morgan fingerprint density at radius 1 is 0.440 bits per heavy atom. The summed E-state index contributed by atoms with van der Waals surface area (Å²) in [6.07, 6.45) is 0. The van der Waals surface area contributed by atoms with E-state index in [1.165, 1.54) is 0 Å². The van der Waals surface area contributed by atoms with Crippen LogP contribution in [-0.2, 0) is 27.1 Å². The van der Waals surface area contributed by atoms with E-state index >= 15 is 0 Å². The van der Waals surface area contributed by atoms with Crippen molar-refractivity contribution in [1.29, 1.82) is 0 Å². The highest BCUT2D eigenvalue weighted by atomic mass is 31.2. The van der Waals surface area contributed by atoms with Crippen LogP contribution in [0.25, 0.3) is 0 Å². The highest BCUT2D eigenvalue weighted by Crippen LogP contribution is 2.32. The fourth-order valence-electron chi connectivity index (χ4n) is 0.774. The molecule has 1 atom stereocenters. The molecular weight excluding hydrogens is 412 g/mol. The van der Waals surface area contributed by atoms with Gasteiger partial charge in [-0.05, 0) is 41.5 Å². The Bertz CT molecular complexity index is 170. The van der Waals surface area contributed by atoms with Gasteiger partial charge in [0, 0.05) is 0 Å². The van der Waals surface area contributed by atoms with Crippen molar-refractivity contribution in [2.24, 2.45) is 0 Å². The van der Waals surface area contributed by atoms with Crippen LogP contribution in [0.15, 0.2) is 0 Å². The molecule has 0 fully saturated rings. The first kappa shape index (κ1) is 33.9. The Hall–Kier alpha value is 1.36. The van der Waals surface area contributed by atoms with Crippen LogP contribution in [0.2, 0.25) is 0 Å².